The van der Waals surface area contributed by atoms with Crippen LogP contribution < -0.4 is 0 Å². The number of thioether (sulfide) groups is 1. The van der Waals surface area contributed by atoms with Gasteiger partial charge in [-0.3, -0.25) is 4.79 Å². The molecule has 1 aliphatic carbocycles. The third kappa shape index (κ3) is 4.45. The molecule has 0 aromatic carbocycles. The van der Waals surface area contributed by atoms with Gasteiger partial charge < -0.3 is 5.11 Å². The highest BCUT2D eigenvalue weighted by atomic mass is 32.2. The molecule has 0 spiro atoms. The van der Waals surface area contributed by atoms with Crippen molar-refractivity contribution in [1.29, 1.82) is 0 Å². The van der Waals surface area contributed by atoms with Gasteiger partial charge in [0.05, 0.1) is 5.92 Å². The SMILES string of the molecule is CCCCCSC1CCCCC1C(=O)O. The smallest absolute Gasteiger partial charge is 0.307 e. The molecule has 1 rings (SSSR count). The van der Waals surface area contributed by atoms with E-state index in [9.17, 15) is 4.79 Å². The van der Waals surface area contributed by atoms with Crippen LogP contribution in [0.2, 0.25) is 0 Å². The molecular formula is C12H22O2S. The fourth-order valence-electron chi connectivity index (χ4n) is 2.17. The number of carboxylic acids is 1. The lowest BCUT2D eigenvalue weighted by atomic mass is 9.89. The molecule has 0 aliphatic heterocycles. The van der Waals surface area contributed by atoms with Crippen molar-refractivity contribution >= 4 is 17.7 Å². The summed E-state index contributed by atoms with van der Waals surface area (Å²) in [5, 5.41) is 9.48. The predicted octanol–water partition coefficient (Wildman–Crippen LogP) is 3.55. The van der Waals surface area contributed by atoms with Crippen molar-refractivity contribution in [2.45, 2.75) is 57.1 Å². The van der Waals surface area contributed by atoms with Gasteiger partial charge in [0.1, 0.15) is 0 Å². The molecule has 1 N–H and O–H groups in total. The molecule has 1 aliphatic rings. The van der Waals surface area contributed by atoms with Gasteiger partial charge in [0.2, 0.25) is 0 Å². The highest BCUT2D eigenvalue weighted by molar-refractivity contribution is 7.99. The van der Waals surface area contributed by atoms with Crippen molar-refractivity contribution in [3.63, 3.8) is 0 Å². The molecule has 0 aromatic heterocycles. The first-order chi connectivity index (χ1) is 7.25. The normalized spacial score (nSPS) is 26.5. The second-order valence-corrected chi connectivity index (χ2v) is 5.69. The first kappa shape index (κ1) is 12.9. The van der Waals surface area contributed by atoms with Gasteiger partial charge in [0, 0.05) is 5.25 Å². The maximum atomic E-state index is 11.0. The van der Waals surface area contributed by atoms with E-state index in [1.807, 2.05) is 11.8 Å². The minimum absolute atomic E-state index is 0.0784. The van der Waals surface area contributed by atoms with Gasteiger partial charge in [0.25, 0.3) is 0 Å². The van der Waals surface area contributed by atoms with E-state index in [1.54, 1.807) is 0 Å². The lowest BCUT2D eigenvalue weighted by molar-refractivity contribution is -0.142. The van der Waals surface area contributed by atoms with Gasteiger partial charge >= 0.3 is 5.97 Å². The lowest BCUT2D eigenvalue weighted by Gasteiger charge is -2.27. The third-order valence-electron chi connectivity index (χ3n) is 3.10. The molecule has 0 aromatic rings. The van der Waals surface area contributed by atoms with Crippen LogP contribution in [-0.2, 0) is 4.79 Å². The number of carbonyl (C=O) groups is 1. The first-order valence-corrected chi connectivity index (χ1v) is 7.15. The van der Waals surface area contributed by atoms with Gasteiger partial charge in [-0.25, -0.2) is 0 Å². The van der Waals surface area contributed by atoms with Crippen LogP contribution in [0.15, 0.2) is 0 Å². The Hall–Kier alpha value is -0.180. The second kappa shape index (κ2) is 7.15. The molecule has 0 bridgehead atoms. The molecular weight excluding hydrogens is 208 g/mol. The predicted molar refractivity (Wildman–Crippen MR) is 65.4 cm³/mol. The molecule has 0 heterocycles. The highest BCUT2D eigenvalue weighted by Crippen LogP contribution is 2.34. The Morgan fingerprint density at radius 1 is 1.33 bits per heavy atom. The van der Waals surface area contributed by atoms with E-state index in [2.05, 4.69) is 6.92 Å². The highest BCUT2D eigenvalue weighted by Gasteiger charge is 2.30. The van der Waals surface area contributed by atoms with Crippen molar-refractivity contribution in [2.24, 2.45) is 5.92 Å². The van der Waals surface area contributed by atoms with Crippen molar-refractivity contribution in [3.05, 3.63) is 0 Å². The van der Waals surface area contributed by atoms with Gasteiger partial charge in [-0.2, -0.15) is 11.8 Å². The number of unbranched alkanes of at least 4 members (excludes halogenated alkanes) is 2. The largest absolute Gasteiger partial charge is 0.481 e. The third-order valence-corrected chi connectivity index (χ3v) is 4.62. The van der Waals surface area contributed by atoms with E-state index < -0.39 is 5.97 Å². The molecule has 0 saturated heterocycles. The Kier molecular flexibility index (Phi) is 6.15. The van der Waals surface area contributed by atoms with Crippen molar-refractivity contribution < 1.29 is 9.90 Å². The molecule has 0 radical (unpaired) electrons. The first-order valence-electron chi connectivity index (χ1n) is 6.10. The fraction of sp³-hybridized carbons (Fsp3) is 0.917. The van der Waals surface area contributed by atoms with Crippen LogP contribution in [0.1, 0.15) is 51.9 Å². The second-order valence-electron chi connectivity index (χ2n) is 4.35. The van der Waals surface area contributed by atoms with Crippen molar-refractivity contribution in [2.75, 3.05) is 5.75 Å². The van der Waals surface area contributed by atoms with Crippen molar-refractivity contribution in [1.82, 2.24) is 0 Å². The van der Waals surface area contributed by atoms with Crippen LogP contribution in [0.25, 0.3) is 0 Å². The summed E-state index contributed by atoms with van der Waals surface area (Å²) in [7, 11) is 0. The minimum atomic E-state index is -0.581. The van der Waals surface area contributed by atoms with E-state index in [0.717, 1.165) is 25.0 Å². The summed E-state index contributed by atoms with van der Waals surface area (Å²) in [6.45, 7) is 2.20. The summed E-state index contributed by atoms with van der Waals surface area (Å²) >= 11 is 1.89. The molecule has 2 unspecified atom stereocenters. The number of aliphatic carboxylic acids is 1. The van der Waals surface area contributed by atoms with E-state index in [0.29, 0.717) is 5.25 Å². The zero-order valence-corrected chi connectivity index (χ0v) is 10.4. The Morgan fingerprint density at radius 3 is 2.73 bits per heavy atom. The molecule has 1 fully saturated rings. The van der Waals surface area contributed by atoms with Crippen LogP contribution in [-0.4, -0.2) is 22.1 Å². The average molecular weight is 230 g/mol. The Bertz CT molecular complexity index is 194. The van der Waals surface area contributed by atoms with Crippen LogP contribution >= 0.6 is 11.8 Å². The zero-order chi connectivity index (χ0) is 11.1. The lowest BCUT2D eigenvalue weighted by Crippen LogP contribution is -2.29. The summed E-state index contributed by atoms with van der Waals surface area (Å²) < 4.78 is 0. The Labute approximate surface area is 96.8 Å². The quantitative estimate of drug-likeness (QED) is 0.709. The zero-order valence-electron chi connectivity index (χ0n) is 9.58. The monoisotopic (exact) mass is 230 g/mol. The number of rotatable bonds is 6. The van der Waals surface area contributed by atoms with E-state index >= 15 is 0 Å². The van der Waals surface area contributed by atoms with Crippen LogP contribution in [0.4, 0.5) is 0 Å². The average Bonchev–Trinajstić information content (AvgIpc) is 2.25. The topological polar surface area (TPSA) is 37.3 Å². The van der Waals surface area contributed by atoms with Gasteiger partial charge in [-0.05, 0) is 25.0 Å². The molecule has 0 amide bonds. The standard InChI is InChI=1S/C12H22O2S/c1-2-3-6-9-15-11-8-5-4-7-10(11)12(13)14/h10-11H,2-9H2,1H3,(H,13,14). The molecule has 2 atom stereocenters. The van der Waals surface area contributed by atoms with E-state index in [4.69, 9.17) is 5.11 Å². The van der Waals surface area contributed by atoms with Gasteiger partial charge in [-0.1, -0.05) is 32.6 Å². The van der Waals surface area contributed by atoms with E-state index in [-0.39, 0.29) is 5.92 Å². The van der Waals surface area contributed by atoms with Crippen LogP contribution in [0.5, 0.6) is 0 Å². The number of hydrogen-bond acceptors (Lipinski definition) is 2. The maximum Gasteiger partial charge on any atom is 0.307 e. The summed E-state index contributed by atoms with van der Waals surface area (Å²) in [4.78, 5) is 11.0. The summed E-state index contributed by atoms with van der Waals surface area (Å²) in [6, 6.07) is 0. The fourth-order valence-corrected chi connectivity index (χ4v) is 3.66. The Balaban J connectivity index is 2.26. The summed E-state index contributed by atoms with van der Waals surface area (Å²) in [5.74, 6) is 0.482. The summed E-state index contributed by atoms with van der Waals surface area (Å²) in [6.07, 6.45) is 8.07. The maximum absolute atomic E-state index is 11.0. The number of carboxylic acid groups (broad SMARTS) is 1. The molecule has 3 heteroatoms. The van der Waals surface area contributed by atoms with Crippen LogP contribution in [0.3, 0.4) is 0 Å². The summed E-state index contributed by atoms with van der Waals surface area (Å²) in [5.41, 5.74) is 0. The molecule has 88 valence electrons. The van der Waals surface area contributed by atoms with Crippen LogP contribution in [0, 0.1) is 5.92 Å². The van der Waals surface area contributed by atoms with Gasteiger partial charge in [-0.15, -0.1) is 0 Å². The van der Waals surface area contributed by atoms with E-state index in [1.165, 1.54) is 25.7 Å². The van der Waals surface area contributed by atoms with Crippen molar-refractivity contribution in [3.8, 4) is 0 Å². The molecule has 2 nitrogen and oxygen atoms in total. The van der Waals surface area contributed by atoms with Gasteiger partial charge in [0.15, 0.2) is 0 Å². The molecule has 1 saturated carbocycles. The molecule has 15 heavy (non-hydrogen) atoms. The Morgan fingerprint density at radius 2 is 2.07 bits per heavy atom. The number of hydrogen-bond donors (Lipinski definition) is 1. The minimum Gasteiger partial charge on any atom is -0.481 e.